The van der Waals surface area contributed by atoms with Gasteiger partial charge in [-0.1, -0.05) is 16.5 Å². The fraction of sp³-hybridized carbons (Fsp3) is 0.167. The largest absolute Gasteiger partial charge is 0.398 e. The number of hydrogen-bond donors (Lipinski definition) is 2. The van der Waals surface area contributed by atoms with Crippen molar-refractivity contribution < 1.29 is 9.63 Å². The molecule has 0 aliphatic carbocycles. The van der Waals surface area contributed by atoms with E-state index in [-0.39, 0.29) is 5.71 Å². The van der Waals surface area contributed by atoms with Gasteiger partial charge in [0, 0.05) is 0 Å². The highest BCUT2D eigenvalue weighted by molar-refractivity contribution is 9.11. The zero-order chi connectivity index (χ0) is 10.7. The highest BCUT2D eigenvalue weighted by Crippen LogP contribution is 2.26. The summed E-state index contributed by atoms with van der Waals surface area (Å²) in [5.41, 5.74) is 10.8. The molecule has 1 aromatic rings. The van der Waals surface area contributed by atoms with Gasteiger partial charge in [0.25, 0.3) is 5.91 Å². The van der Waals surface area contributed by atoms with Crippen molar-refractivity contribution in [1.29, 1.82) is 0 Å². The van der Waals surface area contributed by atoms with Crippen LogP contribution in [0.25, 0.3) is 0 Å². The lowest BCUT2D eigenvalue weighted by molar-refractivity contribution is -0.112. The molecular formula is C6H7BrN4O2S. The Morgan fingerprint density at radius 3 is 2.71 bits per heavy atom. The molecule has 1 rings (SSSR count). The van der Waals surface area contributed by atoms with Crippen molar-refractivity contribution in [2.45, 2.75) is 0 Å². The first kappa shape index (κ1) is 10.9. The predicted octanol–water partition coefficient (Wildman–Crippen LogP) is 0.324. The number of nitrogens with zero attached hydrogens (tertiary/aromatic N) is 2. The van der Waals surface area contributed by atoms with Crippen LogP contribution >= 0.6 is 27.3 Å². The normalized spacial score (nSPS) is 11.4. The first-order chi connectivity index (χ1) is 6.56. The highest BCUT2D eigenvalue weighted by Gasteiger charge is 2.19. The Hall–Kier alpha value is -1.15. The van der Waals surface area contributed by atoms with Crippen LogP contribution in [0.3, 0.4) is 0 Å². The second-order valence-corrected chi connectivity index (χ2v) is 4.51. The minimum Gasteiger partial charge on any atom is -0.398 e. The summed E-state index contributed by atoms with van der Waals surface area (Å²) < 4.78 is 0.588. The van der Waals surface area contributed by atoms with Crippen molar-refractivity contribution in [3.8, 4) is 0 Å². The maximum absolute atomic E-state index is 11.0. The lowest BCUT2D eigenvalue weighted by Crippen LogP contribution is -2.25. The van der Waals surface area contributed by atoms with Crippen molar-refractivity contribution in [3.05, 3.63) is 9.48 Å². The summed E-state index contributed by atoms with van der Waals surface area (Å²) in [6.07, 6.45) is 0. The van der Waals surface area contributed by atoms with Crippen molar-refractivity contribution in [1.82, 2.24) is 4.98 Å². The number of carbonyl (C=O) groups is 1. The maximum atomic E-state index is 11.0. The van der Waals surface area contributed by atoms with Gasteiger partial charge >= 0.3 is 0 Å². The van der Waals surface area contributed by atoms with Gasteiger partial charge in [-0.25, -0.2) is 4.98 Å². The molecule has 0 spiro atoms. The molecule has 0 saturated carbocycles. The third kappa shape index (κ3) is 2.20. The van der Waals surface area contributed by atoms with Crippen molar-refractivity contribution in [2.24, 2.45) is 10.9 Å². The third-order valence-electron chi connectivity index (χ3n) is 1.24. The predicted molar refractivity (Wildman–Crippen MR) is 57.0 cm³/mol. The molecule has 0 atom stereocenters. The number of nitrogens with two attached hydrogens (primary N) is 2. The number of nitrogen functional groups attached to an aromatic ring is 1. The zero-order valence-electron chi connectivity index (χ0n) is 7.15. The molecule has 6 nitrogen and oxygen atoms in total. The van der Waals surface area contributed by atoms with Gasteiger partial charge < -0.3 is 16.3 Å². The fourth-order valence-corrected chi connectivity index (χ4v) is 2.09. The van der Waals surface area contributed by atoms with E-state index in [9.17, 15) is 4.79 Å². The number of oxime groups is 1. The van der Waals surface area contributed by atoms with E-state index in [0.29, 0.717) is 14.6 Å². The molecule has 1 aromatic heterocycles. The Balaban J connectivity index is 3.18. The molecule has 0 fully saturated rings. The van der Waals surface area contributed by atoms with E-state index in [1.165, 1.54) is 18.4 Å². The lowest BCUT2D eigenvalue weighted by Gasteiger charge is -1.97. The van der Waals surface area contributed by atoms with Crippen molar-refractivity contribution >= 4 is 44.0 Å². The molecule has 0 aliphatic rings. The summed E-state index contributed by atoms with van der Waals surface area (Å²) in [5.74, 6) is -0.724. The number of amides is 1. The number of anilines is 1. The van der Waals surface area contributed by atoms with Crippen LogP contribution in [0.15, 0.2) is 8.94 Å². The third-order valence-corrected chi connectivity index (χ3v) is 2.78. The van der Waals surface area contributed by atoms with Crippen LogP contribution in [0, 0.1) is 0 Å². The summed E-state index contributed by atoms with van der Waals surface area (Å²) in [4.78, 5) is 19.3. The first-order valence-electron chi connectivity index (χ1n) is 3.39. The number of rotatable bonds is 3. The van der Waals surface area contributed by atoms with Crippen LogP contribution < -0.4 is 11.5 Å². The van der Waals surface area contributed by atoms with Gasteiger partial charge in [-0.2, -0.15) is 0 Å². The maximum Gasteiger partial charge on any atom is 0.273 e. The molecule has 1 amide bonds. The van der Waals surface area contributed by atoms with Crippen LogP contribution in [0.2, 0.25) is 0 Å². The van der Waals surface area contributed by atoms with Crippen LogP contribution in [0.4, 0.5) is 5.13 Å². The SMILES string of the molecule is CON=C(C(N)=O)c1nc(N)sc1Br. The Morgan fingerprint density at radius 1 is 1.71 bits per heavy atom. The number of aromatic nitrogens is 1. The van der Waals surface area contributed by atoms with Gasteiger partial charge in [-0.3, -0.25) is 4.79 Å². The zero-order valence-corrected chi connectivity index (χ0v) is 9.55. The molecule has 14 heavy (non-hydrogen) atoms. The van der Waals surface area contributed by atoms with Gasteiger partial charge in [0.1, 0.15) is 16.6 Å². The van der Waals surface area contributed by atoms with E-state index in [0.717, 1.165) is 0 Å². The number of halogens is 1. The molecule has 1 heterocycles. The number of hydrogen-bond acceptors (Lipinski definition) is 6. The monoisotopic (exact) mass is 278 g/mol. The van der Waals surface area contributed by atoms with E-state index in [1.807, 2.05) is 0 Å². The molecule has 8 heteroatoms. The molecule has 0 bridgehead atoms. The van der Waals surface area contributed by atoms with E-state index < -0.39 is 5.91 Å². The molecule has 0 saturated heterocycles. The second-order valence-electron chi connectivity index (χ2n) is 2.16. The van der Waals surface area contributed by atoms with Gasteiger partial charge in [0.15, 0.2) is 10.8 Å². The van der Waals surface area contributed by atoms with Gasteiger partial charge in [0.05, 0.1) is 0 Å². The Bertz CT molecular complexity index is 389. The van der Waals surface area contributed by atoms with Gasteiger partial charge in [0.2, 0.25) is 0 Å². The summed E-state index contributed by atoms with van der Waals surface area (Å²) in [5, 5.41) is 3.79. The second kappa shape index (κ2) is 4.38. The fourth-order valence-electron chi connectivity index (χ4n) is 0.759. The topological polar surface area (TPSA) is 104 Å². The Morgan fingerprint density at radius 2 is 2.36 bits per heavy atom. The van der Waals surface area contributed by atoms with Gasteiger partial charge in [-0.05, 0) is 15.9 Å². The Labute approximate surface area is 92.1 Å². The van der Waals surface area contributed by atoms with E-state index in [2.05, 4.69) is 30.9 Å². The number of primary amides is 1. The molecule has 0 aliphatic heterocycles. The minimum atomic E-state index is -0.724. The highest BCUT2D eigenvalue weighted by atomic mass is 79.9. The smallest absolute Gasteiger partial charge is 0.273 e. The van der Waals surface area contributed by atoms with Gasteiger partial charge in [-0.15, -0.1) is 0 Å². The van der Waals surface area contributed by atoms with Crippen molar-refractivity contribution in [3.63, 3.8) is 0 Å². The summed E-state index contributed by atoms with van der Waals surface area (Å²) in [6, 6.07) is 0. The molecule has 0 radical (unpaired) electrons. The molecule has 0 unspecified atom stereocenters. The molecular weight excluding hydrogens is 272 g/mol. The average Bonchev–Trinajstić information content (AvgIpc) is 2.40. The lowest BCUT2D eigenvalue weighted by atomic mass is 10.3. The molecule has 4 N–H and O–H groups in total. The van der Waals surface area contributed by atoms with Crippen LogP contribution in [0.1, 0.15) is 5.69 Å². The summed E-state index contributed by atoms with van der Waals surface area (Å²) in [6.45, 7) is 0. The standard InChI is InChI=1S/C6H7BrN4O2S/c1-13-11-3(5(8)12)2-4(7)14-6(9)10-2/h1H3,(H2,8,12)(H2,9,10). The van der Waals surface area contributed by atoms with E-state index in [4.69, 9.17) is 11.5 Å². The van der Waals surface area contributed by atoms with Crippen LogP contribution in [-0.4, -0.2) is 23.7 Å². The van der Waals surface area contributed by atoms with Crippen LogP contribution in [-0.2, 0) is 9.63 Å². The van der Waals surface area contributed by atoms with E-state index >= 15 is 0 Å². The van der Waals surface area contributed by atoms with E-state index in [1.54, 1.807) is 0 Å². The Kier molecular flexibility index (Phi) is 3.42. The quantitative estimate of drug-likeness (QED) is 0.614. The first-order valence-corrected chi connectivity index (χ1v) is 5.00. The minimum absolute atomic E-state index is 0.0627. The summed E-state index contributed by atoms with van der Waals surface area (Å²) >= 11 is 4.37. The molecule has 76 valence electrons. The van der Waals surface area contributed by atoms with Crippen molar-refractivity contribution in [2.75, 3.05) is 12.8 Å². The summed E-state index contributed by atoms with van der Waals surface area (Å²) in [7, 11) is 1.31. The number of carbonyl (C=O) groups excluding carboxylic acids is 1. The average molecular weight is 279 g/mol. The number of thiazole rings is 1. The van der Waals surface area contributed by atoms with Crippen LogP contribution in [0.5, 0.6) is 0 Å². The molecule has 0 aromatic carbocycles.